The van der Waals surface area contributed by atoms with Gasteiger partial charge in [-0.25, -0.2) is 4.68 Å². The molecule has 2 N–H and O–H groups in total. The highest BCUT2D eigenvalue weighted by Gasteiger charge is 2.38. The summed E-state index contributed by atoms with van der Waals surface area (Å²) in [7, 11) is 0. The zero-order chi connectivity index (χ0) is 19.9. The molecule has 0 spiro atoms. The maximum atomic E-state index is 13.2. The molecule has 1 aromatic carbocycles. The highest BCUT2D eigenvalue weighted by atomic mass is 16.1. The van der Waals surface area contributed by atoms with E-state index in [1.54, 1.807) is 0 Å². The van der Waals surface area contributed by atoms with Gasteiger partial charge >= 0.3 is 0 Å². The standard InChI is InChI=1S/C21H28N6O/c1-5-21(3,4)27-19(23-24-25-27)18(26-11-6-7-12-26)16-13-15-10-8-9-14(2)17(15)22-20(16)28/h8-10,13,18H,5-7,11-12H2,1-4H3,(H,22,28)/p+1/t18-/m0/s1. The zero-order valence-electron chi connectivity index (χ0n) is 17.1. The molecule has 4 rings (SSSR count). The van der Waals surface area contributed by atoms with Crippen molar-refractivity contribution >= 4 is 10.9 Å². The first-order valence-electron chi connectivity index (χ1n) is 10.2. The lowest BCUT2D eigenvalue weighted by molar-refractivity contribution is -0.914. The molecule has 1 aliphatic heterocycles. The van der Waals surface area contributed by atoms with Gasteiger partial charge in [-0.3, -0.25) is 4.79 Å². The minimum Gasteiger partial charge on any atom is -0.322 e. The quantitative estimate of drug-likeness (QED) is 0.705. The van der Waals surface area contributed by atoms with Gasteiger partial charge in [0.1, 0.15) is 0 Å². The Kier molecular flexibility index (Phi) is 4.79. The number of nitrogens with zero attached hydrogens (tertiary/aromatic N) is 4. The van der Waals surface area contributed by atoms with Gasteiger partial charge in [0.2, 0.25) is 5.82 Å². The number of likely N-dealkylation sites (tertiary alicyclic amines) is 1. The van der Waals surface area contributed by atoms with Gasteiger partial charge in [0.05, 0.1) is 29.7 Å². The van der Waals surface area contributed by atoms with Crippen LogP contribution >= 0.6 is 0 Å². The molecule has 7 nitrogen and oxygen atoms in total. The largest absolute Gasteiger partial charge is 0.322 e. The molecule has 1 atom stereocenters. The monoisotopic (exact) mass is 381 g/mol. The normalized spacial score (nSPS) is 16.7. The molecule has 0 unspecified atom stereocenters. The number of benzene rings is 1. The van der Waals surface area contributed by atoms with Gasteiger partial charge in [-0.15, -0.1) is 5.10 Å². The van der Waals surface area contributed by atoms with E-state index in [1.807, 2.05) is 29.8 Å². The van der Waals surface area contributed by atoms with Gasteiger partial charge in [0.25, 0.3) is 5.56 Å². The smallest absolute Gasteiger partial charge is 0.258 e. The van der Waals surface area contributed by atoms with Gasteiger partial charge in [-0.05, 0) is 54.6 Å². The van der Waals surface area contributed by atoms with E-state index >= 15 is 0 Å². The molecule has 1 aliphatic rings. The van der Waals surface area contributed by atoms with Crippen molar-refractivity contribution < 1.29 is 4.90 Å². The average molecular weight is 382 g/mol. The Hall–Kier alpha value is -2.54. The summed E-state index contributed by atoms with van der Waals surface area (Å²) in [6.07, 6.45) is 3.23. The summed E-state index contributed by atoms with van der Waals surface area (Å²) >= 11 is 0. The van der Waals surface area contributed by atoms with Gasteiger partial charge in [0, 0.05) is 12.8 Å². The minimum absolute atomic E-state index is 0.0462. The highest BCUT2D eigenvalue weighted by Crippen LogP contribution is 2.25. The number of aromatic nitrogens is 5. The van der Waals surface area contributed by atoms with Crippen molar-refractivity contribution in [2.24, 2.45) is 0 Å². The molecular formula is C21H29N6O+. The second-order valence-corrected chi connectivity index (χ2v) is 8.51. The number of rotatable bonds is 5. The van der Waals surface area contributed by atoms with Crippen LogP contribution in [0.4, 0.5) is 0 Å². The van der Waals surface area contributed by atoms with E-state index in [9.17, 15) is 4.79 Å². The first kappa shape index (κ1) is 18.8. The molecule has 3 aromatic rings. The number of pyridine rings is 1. The average Bonchev–Trinajstić information content (AvgIpc) is 3.36. The third-order valence-electron chi connectivity index (χ3n) is 6.27. The topological polar surface area (TPSA) is 80.9 Å². The maximum Gasteiger partial charge on any atom is 0.258 e. The van der Waals surface area contributed by atoms with Crippen LogP contribution in [0, 0.1) is 6.92 Å². The van der Waals surface area contributed by atoms with Crippen LogP contribution in [0.1, 0.15) is 63.0 Å². The lowest BCUT2D eigenvalue weighted by Crippen LogP contribution is -3.10. The van der Waals surface area contributed by atoms with Gasteiger partial charge in [-0.2, -0.15) is 0 Å². The van der Waals surface area contributed by atoms with E-state index < -0.39 is 0 Å². The Morgan fingerprint density at radius 2 is 2.04 bits per heavy atom. The van der Waals surface area contributed by atoms with Crippen LogP contribution in [0.3, 0.4) is 0 Å². The van der Waals surface area contributed by atoms with Crippen molar-refractivity contribution in [2.45, 2.75) is 58.5 Å². The second kappa shape index (κ2) is 7.13. The number of aryl methyl sites for hydroxylation is 1. The highest BCUT2D eigenvalue weighted by molar-refractivity contribution is 5.82. The van der Waals surface area contributed by atoms with Crippen molar-refractivity contribution in [3.63, 3.8) is 0 Å². The van der Waals surface area contributed by atoms with Gasteiger partial charge in [-0.1, -0.05) is 25.1 Å². The Labute approximate surface area is 164 Å². The summed E-state index contributed by atoms with van der Waals surface area (Å²) in [4.78, 5) is 17.6. The molecular weight excluding hydrogens is 352 g/mol. The fourth-order valence-corrected chi connectivity index (χ4v) is 4.23. The number of H-pyrrole nitrogens is 1. The summed E-state index contributed by atoms with van der Waals surface area (Å²) in [5, 5.41) is 13.8. The second-order valence-electron chi connectivity index (χ2n) is 8.51. The molecule has 0 aliphatic carbocycles. The van der Waals surface area contributed by atoms with Crippen LogP contribution in [0.25, 0.3) is 10.9 Å². The molecule has 3 heterocycles. The number of tetrazole rings is 1. The molecule has 0 saturated carbocycles. The van der Waals surface area contributed by atoms with E-state index in [0.29, 0.717) is 0 Å². The summed E-state index contributed by atoms with van der Waals surface area (Å²) in [5.41, 5.74) is 2.47. The number of quaternary nitrogens is 1. The van der Waals surface area contributed by atoms with Crippen LogP contribution in [0.15, 0.2) is 29.1 Å². The third kappa shape index (κ3) is 3.13. The Morgan fingerprint density at radius 1 is 1.29 bits per heavy atom. The lowest BCUT2D eigenvalue weighted by Gasteiger charge is -2.29. The maximum absolute atomic E-state index is 13.2. The summed E-state index contributed by atoms with van der Waals surface area (Å²) in [5.74, 6) is 0.779. The molecule has 0 bridgehead atoms. The number of hydrogen-bond donors (Lipinski definition) is 2. The van der Waals surface area contributed by atoms with E-state index in [1.165, 1.54) is 4.90 Å². The number of fused-ring (bicyclic) bond motifs is 1. The third-order valence-corrected chi connectivity index (χ3v) is 6.27. The molecule has 0 amide bonds. The SMILES string of the molecule is CCC(C)(C)n1nnnc1[C@H](c1cc2cccc(C)c2[nH]c1=O)[NH+]1CCCC1. The van der Waals surface area contributed by atoms with Crippen molar-refractivity contribution in [1.82, 2.24) is 25.2 Å². The number of para-hydroxylation sites is 1. The Bertz CT molecular complexity index is 1040. The molecule has 1 saturated heterocycles. The molecule has 2 aromatic heterocycles. The van der Waals surface area contributed by atoms with Gasteiger partial charge in [0.15, 0.2) is 6.04 Å². The summed E-state index contributed by atoms with van der Waals surface area (Å²) < 4.78 is 1.92. The van der Waals surface area contributed by atoms with Crippen molar-refractivity contribution in [1.29, 1.82) is 0 Å². The van der Waals surface area contributed by atoms with Crippen LogP contribution in [0.2, 0.25) is 0 Å². The molecule has 148 valence electrons. The Balaban J connectivity index is 1.92. The summed E-state index contributed by atoms with van der Waals surface area (Å²) in [6, 6.07) is 7.97. The van der Waals surface area contributed by atoms with Gasteiger partial charge < -0.3 is 9.88 Å². The van der Waals surface area contributed by atoms with Crippen molar-refractivity contribution in [3.8, 4) is 0 Å². The van der Waals surface area contributed by atoms with Crippen LogP contribution in [-0.2, 0) is 5.54 Å². The van der Waals surface area contributed by atoms with Crippen molar-refractivity contribution in [2.75, 3.05) is 13.1 Å². The fourth-order valence-electron chi connectivity index (χ4n) is 4.23. The minimum atomic E-state index is -0.212. The first-order valence-corrected chi connectivity index (χ1v) is 10.2. The zero-order valence-corrected chi connectivity index (χ0v) is 17.1. The van der Waals surface area contributed by atoms with E-state index in [0.717, 1.165) is 60.2 Å². The summed E-state index contributed by atoms with van der Waals surface area (Å²) in [6.45, 7) is 10.5. The first-order chi connectivity index (χ1) is 13.4. The predicted octanol–water partition coefficient (Wildman–Crippen LogP) is 1.74. The van der Waals surface area contributed by atoms with E-state index in [-0.39, 0.29) is 17.1 Å². The predicted molar refractivity (Wildman–Crippen MR) is 109 cm³/mol. The van der Waals surface area contributed by atoms with E-state index in [4.69, 9.17) is 0 Å². The Morgan fingerprint density at radius 3 is 2.75 bits per heavy atom. The molecule has 28 heavy (non-hydrogen) atoms. The van der Waals surface area contributed by atoms with Crippen LogP contribution in [-0.4, -0.2) is 38.3 Å². The number of aromatic amines is 1. The van der Waals surface area contributed by atoms with E-state index in [2.05, 4.69) is 47.3 Å². The van der Waals surface area contributed by atoms with Crippen molar-refractivity contribution in [3.05, 3.63) is 51.6 Å². The molecule has 1 fully saturated rings. The van der Waals surface area contributed by atoms with Crippen LogP contribution < -0.4 is 10.5 Å². The molecule has 7 heteroatoms. The number of hydrogen-bond acceptors (Lipinski definition) is 4. The van der Waals surface area contributed by atoms with Crippen LogP contribution in [0.5, 0.6) is 0 Å². The lowest BCUT2D eigenvalue weighted by atomic mass is 9.99. The fraction of sp³-hybridized carbons (Fsp3) is 0.524. The molecule has 0 radical (unpaired) electrons. The number of nitrogens with one attached hydrogen (secondary N) is 2.